The van der Waals surface area contributed by atoms with Crippen molar-refractivity contribution < 1.29 is 22.7 Å². The number of amides is 1. The summed E-state index contributed by atoms with van der Waals surface area (Å²) in [4.78, 5) is 24.5. The molecule has 0 atom stereocenters. The zero-order chi connectivity index (χ0) is 22.6. The van der Waals surface area contributed by atoms with Gasteiger partial charge in [-0.15, -0.1) is 0 Å². The van der Waals surface area contributed by atoms with E-state index in [2.05, 4.69) is 10.0 Å². The fourth-order valence-electron chi connectivity index (χ4n) is 2.77. The fraction of sp³-hybridized carbons (Fsp3) is 0.0909. The number of aryl methyl sites for hydroxylation is 1. The second-order valence-corrected chi connectivity index (χ2v) is 8.68. The van der Waals surface area contributed by atoms with Gasteiger partial charge in [0.05, 0.1) is 33.8 Å². The summed E-state index contributed by atoms with van der Waals surface area (Å²) in [6, 6.07) is 16.9. The Balaban J connectivity index is 1.80. The Bertz CT molecular complexity index is 1240. The van der Waals surface area contributed by atoms with E-state index in [1.807, 2.05) is 0 Å². The molecule has 0 aliphatic rings. The minimum Gasteiger partial charge on any atom is -0.465 e. The Morgan fingerprint density at radius 2 is 1.68 bits per heavy atom. The lowest BCUT2D eigenvalue weighted by molar-refractivity contribution is 0.0600. The van der Waals surface area contributed by atoms with Crippen molar-refractivity contribution in [3.05, 3.63) is 88.4 Å². The van der Waals surface area contributed by atoms with Crippen LogP contribution >= 0.6 is 11.6 Å². The average Bonchev–Trinajstić information content (AvgIpc) is 2.75. The van der Waals surface area contributed by atoms with Crippen molar-refractivity contribution in [2.45, 2.75) is 11.8 Å². The van der Waals surface area contributed by atoms with Crippen LogP contribution in [0.1, 0.15) is 26.3 Å². The van der Waals surface area contributed by atoms with Crippen LogP contribution in [-0.4, -0.2) is 27.4 Å². The van der Waals surface area contributed by atoms with Gasteiger partial charge in [0.2, 0.25) is 0 Å². The summed E-state index contributed by atoms with van der Waals surface area (Å²) < 4.78 is 32.0. The quantitative estimate of drug-likeness (QED) is 0.530. The molecule has 0 aliphatic carbocycles. The second kappa shape index (κ2) is 9.20. The summed E-state index contributed by atoms with van der Waals surface area (Å²) in [6.07, 6.45) is 0. The van der Waals surface area contributed by atoms with Crippen LogP contribution in [0.15, 0.2) is 71.6 Å². The summed E-state index contributed by atoms with van der Waals surface area (Å²) in [5.74, 6) is -1.03. The van der Waals surface area contributed by atoms with Gasteiger partial charge in [-0.1, -0.05) is 35.9 Å². The monoisotopic (exact) mass is 458 g/mol. The number of hydrogen-bond acceptors (Lipinski definition) is 5. The highest BCUT2D eigenvalue weighted by Gasteiger charge is 2.17. The van der Waals surface area contributed by atoms with Crippen molar-refractivity contribution in [2.24, 2.45) is 0 Å². The number of carbonyl (C=O) groups is 2. The normalized spacial score (nSPS) is 10.9. The van der Waals surface area contributed by atoms with E-state index in [0.717, 1.165) is 5.56 Å². The molecule has 0 saturated carbocycles. The third-order valence-corrected chi connectivity index (χ3v) is 6.14. The predicted molar refractivity (Wildman–Crippen MR) is 119 cm³/mol. The van der Waals surface area contributed by atoms with E-state index >= 15 is 0 Å². The Morgan fingerprint density at radius 1 is 0.968 bits per heavy atom. The van der Waals surface area contributed by atoms with E-state index in [4.69, 9.17) is 16.3 Å². The van der Waals surface area contributed by atoms with E-state index in [1.165, 1.54) is 43.5 Å². The topological polar surface area (TPSA) is 102 Å². The van der Waals surface area contributed by atoms with Crippen LogP contribution in [0.3, 0.4) is 0 Å². The molecule has 7 nitrogen and oxygen atoms in total. The van der Waals surface area contributed by atoms with Gasteiger partial charge in [-0.2, -0.15) is 0 Å². The lowest BCUT2D eigenvalue weighted by atomic mass is 10.1. The van der Waals surface area contributed by atoms with Gasteiger partial charge in [-0.3, -0.25) is 9.52 Å². The lowest BCUT2D eigenvalue weighted by Gasteiger charge is -2.12. The van der Waals surface area contributed by atoms with Gasteiger partial charge in [-0.25, -0.2) is 13.2 Å². The summed E-state index contributed by atoms with van der Waals surface area (Å²) in [5.41, 5.74) is 1.82. The molecular weight excluding hydrogens is 440 g/mol. The SMILES string of the molecule is COC(=O)c1ccc(C)c(NC(=O)c2ccc(NS(=O)(=O)c3ccccc3)cc2Cl)c1. The van der Waals surface area contributed by atoms with Gasteiger partial charge >= 0.3 is 5.97 Å². The number of sulfonamides is 1. The van der Waals surface area contributed by atoms with Gasteiger partial charge in [-0.05, 0) is 55.0 Å². The largest absolute Gasteiger partial charge is 0.465 e. The molecule has 31 heavy (non-hydrogen) atoms. The fourth-order valence-corrected chi connectivity index (χ4v) is 4.10. The van der Waals surface area contributed by atoms with Crippen LogP contribution in [0.25, 0.3) is 0 Å². The molecule has 0 unspecified atom stereocenters. The first-order valence-corrected chi connectivity index (χ1v) is 10.9. The van der Waals surface area contributed by atoms with E-state index in [9.17, 15) is 18.0 Å². The Labute approximate surface area is 185 Å². The first-order chi connectivity index (χ1) is 14.7. The summed E-state index contributed by atoms with van der Waals surface area (Å²) in [7, 11) is -2.51. The molecule has 3 aromatic carbocycles. The van der Waals surface area contributed by atoms with Crippen molar-refractivity contribution in [3.8, 4) is 0 Å². The molecule has 0 heterocycles. The molecule has 0 aromatic heterocycles. The van der Waals surface area contributed by atoms with Crippen LogP contribution in [0, 0.1) is 6.92 Å². The number of methoxy groups -OCH3 is 1. The Hall–Kier alpha value is -3.36. The van der Waals surface area contributed by atoms with Crippen molar-refractivity contribution in [1.82, 2.24) is 0 Å². The highest BCUT2D eigenvalue weighted by atomic mass is 35.5. The van der Waals surface area contributed by atoms with E-state index in [-0.39, 0.29) is 21.2 Å². The first kappa shape index (κ1) is 22.3. The number of halogens is 1. The molecule has 0 bridgehead atoms. The number of ether oxygens (including phenoxy) is 1. The Morgan fingerprint density at radius 3 is 2.32 bits per heavy atom. The highest BCUT2D eigenvalue weighted by molar-refractivity contribution is 7.92. The van der Waals surface area contributed by atoms with Gasteiger partial charge in [0.25, 0.3) is 15.9 Å². The molecule has 0 fully saturated rings. The number of rotatable bonds is 6. The number of nitrogens with one attached hydrogen (secondary N) is 2. The zero-order valence-corrected chi connectivity index (χ0v) is 18.3. The van der Waals surface area contributed by atoms with Gasteiger partial charge in [0, 0.05) is 5.69 Å². The zero-order valence-electron chi connectivity index (χ0n) is 16.7. The standard InChI is InChI=1S/C22H19ClN2O5S/c1-14-8-9-15(22(27)30-2)12-20(14)24-21(26)18-11-10-16(13-19(18)23)25-31(28,29)17-6-4-3-5-7-17/h3-13,25H,1-2H3,(H,24,26). The molecule has 1 amide bonds. The third-order valence-electron chi connectivity index (χ3n) is 4.43. The molecule has 0 saturated heterocycles. The Kier molecular flexibility index (Phi) is 6.62. The second-order valence-electron chi connectivity index (χ2n) is 6.59. The van der Waals surface area contributed by atoms with Gasteiger partial charge in [0.15, 0.2) is 0 Å². The average molecular weight is 459 g/mol. The van der Waals surface area contributed by atoms with Crippen LogP contribution in [-0.2, 0) is 14.8 Å². The predicted octanol–water partition coefficient (Wildman–Crippen LogP) is 4.49. The molecule has 0 aliphatic heterocycles. The van der Waals surface area contributed by atoms with Crippen molar-refractivity contribution in [1.29, 1.82) is 0 Å². The van der Waals surface area contributed by atoms with E-state index in [1.54, 1.807) is 37.3 Å². The number of carbonyl (C=O) groups excluding carboxylic acids is 2. The summed E-state index contributed by atoms with van der Waals surface area (Å²) in [6.45, 7) is 1.78. The first-order valence-electron chi connectivity index (χ1n) is 9.09. The van der Waals surface area contributed by atoms with Gasteiger partial charge in [0.1, 0.15) is 0 Å². The summed E-state index contributed by atoms with van der Waals surface area (Å²) in [5, 5.41) is 2.77. The van der Waals surface area contributed by atoms with Crippen molar-refractivity contribution in [3.63, 3.8) is 0 Å². The molecule has 3 aromatic rings. The summed E-state index contributed by atoms with van der Waals surface area (Å²) >= 11 is 6.24. The minimum atomic E-state index is -3.79. The maximum Gasteiger partial charge on any atom is 0.337 e. The third kappa shape index (κ3) is 5.22. The number of benzene rings is 3. The molecule has 160 valence electrons. The van der Waals surface area contributed by atoms with Crippen LogP contribution in [0.4, 0.5) is 11.4 Å². The maximum absolute atomic E-state index is 12.7. The highest BCUT2D eigenvalue weighted by Crippen LogP contribution is 2.25. The number of esters is 1. The number of anilines is 2. The minimum absolute atomic E-state index is 0.0625. The van der Waals surface area contributed by atoms with Crippen LogP contribution in [0.2, 0.25) is 5.02 Å². The molecule has 3 rings (SSSR count). The molecule has 0 radical (unpaired) electrons. The van der Waals surface area contributed by atoms with Gasteiger partial charge < -0.3 is 10.1 Å². The van der Waals surface area contributed by atoms with E-state index in [0.29, 0.717) is 11.3 Å². The molecule has 9 heteroatoms. The molecule has 0 spiro atoms. The maximum atomic E-state index is 12.7. The molecule has 2 N–H and O–H groups in total. The van der Waals surface area contributed by atoms with Crippen LogP contribution in [0.5, 0.6) is 0 Å². The van der Waals surface area contributed by atoms with Crippen LogP contribution < -0.4 is 10.0 Å². The van der Waals surface area contributed by atoms with E-state index < -0.39 is 21.9 Å². The van der Waals surface area contributed by atoms with Crippen molar-refractivity contribution in [2.75, 3.05) is 17.1 Å². The molecular formula is C22H19ClN2O5S. The smallest absolute Gasteiger partial charge is 0.337 e. The number of hydrogen-bond donors (Lipinski definition) is 2. The lowest BCUT2D eigenvalue weighted by Crippen LogP contribution is -2.15. The van der Waals surface area contributed by atoms with Crippen molar-refractivity contribution >= 4 is 44.9 Å².